The fraction of sp³-hybridized carbons (Fsp3) is 0.417. The van der Waals surface area contributed by atoms with Gasteiger partial charge in [0.2, 0.25) is 0 Å². The Bertz CT molecular complexity index is 458. The third kappa shape index (κ3) is 2.92. The van der Waals surface area contributed by atoms with Crippen molar-refractivity contribution in [3.63, 3.8) is 0 Å². The number of halogens is 2. The Kier molecular flexibility index (Phi) is 3.92. The van der Waals surface area contributed by atoms with E-state index in [1.54, 1.807) is 0 Å². The number of imidazole rings is 1. The molecule has 0 aliphatic carbocycles. The number of aromatic nitrogens is 2. The molecule has 0 unspecified atom stereocenters. The molecular formula is C12H15Cl2N3. The second-order valence-corrected chi connectivity index (χ2v) is 4.91. The van der Waals surface area contributed by atoms with Gasteiger partial charge in [0.05, 0.1) is 5.69 Å². The van der Waals surface area contributed by atoms with Gasteiger partial charge in [-0.3, -0.25) is 0 Å². The molecule has 0 aliphatic heterocycles. The number of hydrogen-bond donors (Lipinski definition) is 1. The van der Waals surface area contributed by atoms with Gasteiger partial charge in [-0.05, 0) is 19.1 Å². The van der Waals surface area contributed by atoms with E-state index < -0.39 is 0 Å². The van der Waals surface area contributed by atoms with Crippen LogP contribution in [0, 0.1) is 0 Å². The number of nitrogens with one attached hydrogen (secondary N) is 1. The molecule has 0 saturated heterocycles. The molecule has 0 saturated carbocycles. The first-order valence-corrected chi connectivity index (χ1v) is 6.53. The third-order valence-corrected chi connectivity index (χ3v) is 3.88. The summed E-state index contributed by atoms with van der Waals surface area (Å²) < 4.78 is 2.00. The summed E-state index contributed by atoms with van der Waals surface area (Å²) in [4.78, 5) is 4.50. The number of hydrogen-bond acceptors (Lipinski definition) is 2. The average Bonchev–Trinajstić information content (AvgIpc) is 2.79. The van der Waals surface area contributed by atoms with Crippen molar-refractivity contribution < 1.29 is 0 Å². The molecule has 2 rings (SSSR count). The Hall–Kier alpha value is -0.770. The van der Waals surface area contributed by atoms with Crippen LogP contribution >= 0.6 is 23.2 Å². The van der Waals surface area contributed by atoms with Gasteiger partial charge in [-0.1, -0.05) is 6.07 Å². The largest absolute Gasteiger partial charge is 0.307 e. The molecule has 5 heteroatoms. The number of alkyl halides is 2. The van der Waals surface area contributed by atoms with Crippen molar-refractivity contribution in [3.05, 3.63) is 36.3 Å². The minimum Gasteiger partial charge on any atom is -0.307 e. The van der Waals surface area contributed by atoms with Crippen LogP contribution in [0.1, 0.15) is 12.6 Å². The van der Waals surface area contributed by atoms with Gasteiger partial charge < -0.3 is 9.72 Å². The number of nitrogens with zero attached hydrogens (tertiary/aromatic N) is 2. The minimum atomic E-state index is -0.251. The lowest BCUT2D eigenvalue weighted by atomic mass is 10.1. The van der Waals surface area contributed by atoms with Gasteiger partial charge >= 0.3 is 0 Å². The molecule has 0 amide bonds. The monoisotopic (exact) mass is 271 g/mol. The SMILES string of the molecule is CC(CCl)(CCl)NCc1cn2ccccc2n1. The minimum absolute atomic E-state index is 0.251. The maximum Gasteiger partial charge on any atom is 0.137 e. The quantitative estimate of drug-likeness (QED) is 0.848. The zero-order valence-corrected chi connectivity index (χ0v) is 11.2. The van der Waals surface area contributed by atoms with Crippen molar-refractivity contribution in [2.45, 2.75) is 19.0 Å². The highest BCUT2D eigenvalue weighted by atomic mass is 35.5. The first-order chi connectivity index (χ1) is 8.17. The number of rotatable bonds is 5. The highest BCUT2D eigenvalue weighted by molar-refractivity contribution is 6.22. The first-order valence-electron chi connectivity index (χ1n) is 5.46. The van der Waals surface area contributed by atoms with E-state index >= 15 is 0 Å². The van der Waals surface area contributed by atoms with Crippen molar-refractivity contribution >= 4 is 28.8 Å². The molecule has 0 aliphatic rings. The van der Waals surface area contributed by atoms with Crippen molar-refractivity contribution in [3.8, 4) is 0 Å². The Labute approximate surface area is 111 Å². The maximum absolute atomic E-state index is 5.88. The second-order valence-electron chi connectivity index (χ2n) is 4.38. The van der Waals surface area contributed by atoms with Crippen molar-refractivity contribution in [1.82, 2.24) is 14.7 Å². The maximum atomic E-state index is 5.88. The lowest BCUT2D eigenvalue weighted by Gasteiger charge is -2.25. The zero-order chi connectivity index (χ0) is 12.3. The van der Waals surface area contributed by atoms with E-state index in [-0.39, 0.29) is 5.54 Å². The van der Waals surface area contributed by atoms with Gasteiger partial charge in [0, 0.05) is 36.2 Å². The van der Waals surface area contributed by atoms with Crippen LogP contribution in [0.4, 0.5) is 0 Å². The summed E-state index contributed by atoms with van der Waals surface area (Å²) in [5, 5.41) is 3.33. The molecule has 2 aromatic heterocycles. The van der Waals surface area contributed by atoms with Crippen molar-refractivity contribution in [1.29, 1.82) is 0 Å². The van der Waals surface area contributed by atoms with Crippen LogP contribution in [-0.2, 0) is 6.54 Å². The summed E-state index contributed by atoms with van der Waals surface area (Å²) >= 11 is 11.8. The molecule has 0 aromatic carbocycles. The molecule has 3 nitrogen and oxygen atoms in total. The summed E-state index contributed by atoms with van der Waals surface area (Å²) in [6.45, 7) is 2.67. The van der Waals surface area contributed by atoms with E-state index in [9.17, 15) is 0 Å². The van der Waals surface area contributed by atoms with Crippen LogP contribution < -0.4 is 5.32 Å². The van der Waals surface area contributed by atoms with Crippen LogP contribution in [-0.4, -0.2) is 26.7 Å². The predicted molar refractivity (Wildman–Crippen MR) is 71.9 cm³/mol. The Morgan fingerprint density at radius 1 is 1.35 bits per heavy atom. The lowest BCUT2D eigenvalue weighted by Crippen LogP contribution is -2.45. The number of pyridine rings is 1. The Morgan fingerprint density at radius 2 is 2.12 bits per heavy atom. The number of fused-ring (bicyclic) bond motifs is 1. The highest BCUT2D eigenvalue weighted by Gasteiger charge is 2.21. The fourth-order valence-corrected chi connectivity index (χ4v) is 1.98. The molecular weight excluding hydrogens is 257 g/mol. The summed E-state index contributed by atoms with van der Waals surface area (Å²) in [5.41, 5.74) is 1.68. The molecule has 0 radical (unpaired) electrons. The van der Waals surface area contributed by atoms with Crippen LogP contribution in [0.15, 0.2) is 30.6 Å². The van der Waals surface area contributed by atoms with Crippen LogP contribution in [0.25, 0.3) is 5.65 Å². The molecule has 2 aromatic rings. The predicted octanol–water partition coefficient (Wildman–Crippen LogP) is 2.66. The second kappa shape index (κ2) is 5.25. The summed E-state index contributed by atoms with van der Waals surface area (Å²) in [6.07, 6.45) is 3.99. The molecule has 1 N–H and O–H groups in total. The van der Waals surface area contributed by atoms with E-state index in [0.29, 0.717) is 18.3 Å². The standard InChI is InChI=1S/C12H15Cl2N3/c1-12(8-13,9-14)15-6-10-7-17-5-3-2-4-11(17)16-10/h2-5,7,15H,6,8-9H2,1H3. The molecule has 0 spiro atoms. The van der Waals surface area contributed by atoms with Crippen molar-refractivity contribution in [2.24, 2.45) is 0 Å². The third-order valence-electron chi connectivity index (χ3n) is 2.70. The van der Waals surface area contributed by atoms with Gasteiger partial charge in [-0.15, -0.1) is 23.2 Å². The Balaban J connectivity index is 2.09. The highest BCUT2D eigenvalue weighted by Crippen LogP contribution is 2.11. The average molecular weight is 272 g/mol. The van der Waals surface area contributed by atoms with Crippen LogP contribution in [0.5, 0.6) is 0 Å². The van der Waals surface area contributed by atoms with Gasteiger partial charge in [0.15, 0.2) is 0 Å². The van der Waals surface area contributed by atoms with Gasteiger partial charge in [-0.25, -0.2) is 4.98 Å². The smallest absolute Gasteiger partial charge is 0.137 e. The molecule has 0 atom stereocenters. The van der Waals surface area contributed by atoms with E-state index in [2.05, 4.69) is 10.3 Å². The molecule has 2 heterocycles. The van der Waals surface area contributed by atoms with Gasteiger partial charge in [0.1, 0.15) is 5.65 Å². The summed E-state index contributed by atoms with van der Waals surface area (Å²) in [7, 11) is 0. The molecule has 92 valence electrons. The van der Waals surface area contributed by atoms with E-state index in [4.69, 9.17) is 23.2 Å². The molecule has 0 bridgehead atoms. The molecule has 17 heavy (non-hydrogen) atoms. The Morgan fingerprint density at radius 3 is 2.76 bits per heavy atom. The normalized spacial score (nSPS) is 12.2. The lowest BCUT2D eigenvalue weighted by molar-refractivity contribution is 0.432. The molecule has 0 fully saturated rings. The van der Waals surface area contributed by atoms with E-state index in [0.717, 1.165) is 11.3 Å². The fourth-order valence-electron chi connectivity index (χ4n) is 1.51. The van der Waals surface area contributed by atoms with Gasteiger partial charge in [0.25, 0.3) is 0 Å². The zero-order valence-electron chi connectivity index (χ0n) is 9.66. The van der Waals surface area contributed by atoms with Crippen LogP contribution in [0.3, 0.4) is 0 Å². The summed E-state index contributed by atoms with van der Waals surface area (Å²) in [6, 6.07) is 5.93. The topological polar surface area (TPSA) is 29.3 Å². The summed E-state index contributed by atoms with van der Waals surface area (Å²) in [5.74, 6) is 0.952. The van der Waals surface area contributed by atoms with E-state index in [1.807, 2.05) is 41.9 Å². The first kappa shape index (κ1) is 12.7. The van der Waals surface area contributed by atoms with Crippen molar-refractivity contribution in [2.75, 3.05) is 11.8 Å². The van der Waals surface area contributed by atoms with Crippen LogP contribution in [0.2, 0.25) is 0 Å². The van der Waals surface area contributed by atoms with Gasteiger partial charge in [-0.2, -0.15) is 0 Å². The van der Waals surface area contributed by atoms with E-state index in [1.165, 1.54) is 0 Å².